The van der Waals surface area contributed by atoms with Gasteiger partial charge in [0, 0.05) is 0 Å². The zero-order chi connectivity index (χ0) is 16.3. The maximum Gasteiger partial charge on any atom is 0.348 e. The molecule has 0 bridgehead atoms. The molecule has 1 aliphatic heterocycles. The Morgan fingerprint density at radius 2 is 1.32 bits per heavy atom. The van der Waals surface area contributed by atoms with Gasteiger partial charge in [-0.1, -0.05) is 12.1 Å². The second-order valence-electron chi connectivity index (χ2n) is 4.28. The van der Waals surface area contributed by atoms with Gasteiger partial charge in [0.05, 0.1) is 24.3 Å². The van der Waals surface area contributed by atoms with Crippen molar-refractivity contribution in [2.75, 3.05) is 13.2 Å². The standard InChI is InChI=1S/C15H14NO6/c1-3-21-14(19)11(15(20)22-4-2)16-12(17)9-7-5-6-8-10(9)13(16)18/h5-8H,3-4H2,1-2H3. The first-order valence-electron chi connectivity index (χ1n) is 6.71. The summed E-state index contributed by atoms with van der Waals surface area (Å²) in [5.41, 5.74) is 0.247. The zero-order valence-electron chi connectivity index (χ0n) is 12.1. The molecule has 0 aliphatic carbocycles. The Balaban J connectivity index is 2.41. The van der Waals surface area contributed by atoms with Gasteiger partial charge in [0.15, 0.2) is 0 Å². The molecular formula is C15H14NO6. The first-order valence-corrected chi connectivity index (χ1v) is 6.71. The minimum absolute atomic E-state index is 0.00902. The Morgan fingerprint density at radius 1 is 0.909 bits per heavy atom. The van der Waals surface area contributed by atoms with Crippen molar-refractivity contribution in [1.82, 2.24) is 4.90 Å². The van der Waals surface area contributed by atoms with Crippen molar-refractivity contribution < 1.29 is 28.7 Å². The monoisotopic (exact) mass is 304 g/mol. The topological polar surface area (TPSA) is 90.0 Å². The van der Waals surface area contributed by atoms with E-state index in [0.717, 1.165) is 0 Å². The zero-order valence-corrected chi connectivity index (χ0v) is 12.1. The maximum atomic E-state index is 12.3. The quantitative estimate of drug-likeness (QED) is 0.457. The smallest absolute Gasteiger partial charge is 0.348 e. The lowest BCUT2D eigenvalue weighted by molar-refractivity contribution is -0.153. The molecule has 1 heterocycles. The Labute approximate surface area is 126 Å². The van der Waals surface area contributed by atoms with Gasteiger partial charge in [-0.05, 0) is 26.0 Å². The van der Waals surface area contributed by atoms with E-state index in [2.05, 4.69) is 0 Å². The largest absolute Gasteiger partial charge is 0.464 e. The van der Waals surface area contributed by atoms with Gasteiger partial charge in [0.2, 0.25) is 0 Å². The summed E-state index contributed by atoms with van der Waals surface area (Å²) in [4.78, 5) is 49.1. The number of carbonyl (C=O) groups excluding carboxylic acids is 4. The Hall–Kier alpha value is -2.70. The fraction of sp³-hybridized carbons (Fsp3) is 0.267. The molecule has 1 aliphatic rings. The van der Waals surface area contributed by atoms with Crippen molar-refractivity contribution in [1.29, 1.82) is 0 Å². The molecule has 22 heavy (non-hydrogen) atoms. The number of imide groups is 1. The summed E-state index contributed by atoms with van der Waals surface area (Å²) in [5.74, 6) is -3.65. The summed E-state index contributed by atoms with van der Waals surface area (Å²) < 4.78 is 9.51. The highest BCUT2D eigenvalue weighted by atomic mass is 16.6. The average Bonchev–Trinajstić information content (AvgIpc) is 2.74. The molecule has 0 spiro atoms. The third kappa shape index (κ3) is 2.57. The summed E-state index contributed by atoms with van der Waals surface area (Å²) in [5, 5.41) is 0. The van der Waals surface area contributed by atoms with Gasteiger partial charge in [-0.2, -0.15) is 0 Å². The Kier molecular flexibility index (Phi) is 4.55. The molecule has 0 aromatic heterocycles. The fourth-order valence-electron chi connectivity index (χ4n) is 2.06. The number of amides is 2. The van der Waals surface area contributed by atoms with Crippen molar-refractivity contribution in [3.8, 4) is 0 Å². The van der Waals surface area contributed by atoms with Gasteiger partial charge in [0.25, 0.3) is 17.9 Å². The second-order valence-corrected chi connectivity index (χ2v) is 4.28. The second kappa shape index (κ2) is 6.38. The number of nitrogens with zero attached hydrogens (tertiary/aromatic N) is 1. The van der Waals surface area contributed by atoms with Gasteiger partial charge in [0.1, 0.15) is 0 Å². The number of fused-ring (bicyclic) bond motifs is 1. The van der Waals surface area contributed by atoms with E-state index < -0.39 is 29.8 Å². The maximum absolute atomic E-state index is 12.3. The molecule has 0 N–H and O–H groups in total. The molecule has 2 rings (SSSR count). The van der Waals surface area contributed by atoms with Crippen LogP contribution in [-0.4, -0.2) is 41.9 Å². The average molecular weight is 304 g/mol. The number of hydrogen-bond acceptors (Lipinski definition) is 6. The van der Waals surface area contributed by atoms with E-state index in [0.29, 0.717) is 4.90 Å². The third-order valence-electron chi connectivity index (χ3n) is 2.96. The summed E-state index contributed by atoms with van der Waals surface area (Å²) in [7, 11) is 0. The number of rotatable bonds is 5. The summed E-state index contributed by atoms with van der Waals surface area (Å²) in [6.07, 6.45) is 0. The minimum atomic E-state index is -1.07. The molecule has 7 heteroatoms. The first kappa shape index (κ1) is 15.7. The molecule has 1 radical (unpaired) electrons. The first-order chi connectivity index (χ1) is 10.5. The number of benzene rings is 1. The van der Waals surface area contributed by atoms with Crippen LogP contribution in [0.1, 0.15) is 34.6 Å². The predicted molar refractivity (Wildman–Crippen MR) is 73.5 cm³/mol. The highest BCUT2D eigenvalue weighted by Gasteiger charge is 2.49. The van der Waals surface area contributed by atoms with Crippen LogP contribution in [0.15, 0.2) is 24.3 Å². The van der Waals surface area contributed by atoms with Crippen molar-refractivity contribution in [3.05, 3.63) is 41.4 Å². The van der Waals surface area contributed by atoms with E-state index in [1.807, 2.05) is 0 Å². The van der Waals surface area contributed by atoms with Crippen LogP contribution in [0.25, 0.3) is 0 Å². The molecule has 0 atom stereocenters. The third-order valence-corrected chi connectivity index (χ3v) is 2.96. The van der Waals surface area contributed by atoms with E-state index in [4.69, 9.17) is 9.47 Å². The summed E-state index contributed by atoms with van der Waals surface area (Å²) in [6.45, 7) is 3.07. The van der Waals surface area contributed by atoms with Gasteiger partial charge in [-0.15, -0.1) is 0 Å². The Bertz CT molecular complexity index is 586. The van der Waals surface area contributed by atoms with Gasteiger partial charge in [-0.25, -0.2) is 14.5 Å². The fourth-order valence-corrected chi connectivity index (χ4v) is 2.06. The van der Waals surface area contributed by atoms with Gasteiger partial charge in [-0.3, -0.25) is 9.59 Å². The van der Waals surface area contributed by atoms with E-state index in [9.17, 15) is 19.2 Å². The van der Waals surface area contributed by atoms with E-state index >= 15 is 0 Å². The molecule has 7 nitrogen and oxygen atoms in total. The summed E-state index contributed by atoms with van der Waals surface area (Å²) in [6, 6.07) is 5.34. The molecule has 1 aromatic rings. The minimum Gasteiger partial charge on any atom is -0.464 e. The molecule has 115 valence electrons. The van der Waals surface area contributed by atoms with Crippen LogP contribution in [0.2, 0.25) is 0 Å². The normalized spacial score (nSPS) is 13.3. The molecule has 2 amide bonds. The summed E-state index contributed by atoms with van der Waals surface area (Å²) >= 11 is 0. The van der Waals surface area contributed by atoms with Crippen molar-refractivity contribution in [2.24, 2.45) is 0 Å². The number of ether oxygens (including phenoxy) is 2. The van der Waals surface area contributed by atoms with Crippen LogP contribution < -0.4 is 0 Å². The number of esters is 2. The van der Waals surface area contributed by atoms with E-state index in [1.165, 1.54) is 12.1 Å². The van der Waals surface area contributed by atoms with Crippen LogP contribution in [0, 0.1) is 6.04 Å². The number of hydrogen-bond donors (Lipinski definition) is 0. The molecule has 0 fully saturated rings. The lowest BCUT2D eigenvalue weighted by atomic mass is 10.1. The lowest BCUT2D eigenvalue weighted by Crippen LogP contribution is -2.44. The van der Waals surface area contributed by atoms with Crippen LogP contribution >= 0.6 is 0 Å². The van der Waals surface area contributed by atoms with Crippen molar-refractivity contribution in [3.63, 3.8) is 0 Å². The van der Waals surface area contributed by atoms with Gasteiger partial charge < -0.3 is 9.47 Å². The van der Waals surface area contributed by atoms with Crippen LogP contribution in [-0.2, 0) is 19.1 Å². The highest BCUT2D eigenvalue weighted by molar-refractivity contribution is 6.28. The van der Waals surface area contributed by atoms with Crippen LogP contribution in [0.4, 0.5) is 0 Å². The van der Waals surface area contributed by atoms with Crippen molar-refractivity contribution >= 4 is 23.8 Å². The molecule has 0 saturated heterocycles. The molecule has 0 unspecified atom stereocenters. The van der Waals surface area contributed by atoms with E-state index in [-0.39, 0.29) is 24.3 Å². The molecular weight excluding hydrogens is 290 g/mol. The van der Waals surface area contributed by atoms with Crippen molar-refractivity contribution in [2.45, 2.75) is 13.8 Å². The van der Waals surface area contributed by atoms with Gasteiger partial charge >= 0.3 is 11.9 Å². The SMILES string of the molecule is CCOC(=O)[C](C(=O)OCC)N1C(=O)c2ccccc2C1=O. The predicted octanol–water partition coefficient (Wildman–Crippen LogP) is 0.941. The molecule has 1 aromatic carbocycles. The van der Waals surface area contributed by atoms with Crippen LogP contribution in [0.5, 0.6) is 0 Å². The highest BCUT2D eigenvalue weighted by Crippen LogP contribution is 2.28. The lowest BCUT2D eigenvalue weighted by Gasteiger charge is -2.21. The van der Waals surface area contributed by atoms with Crippen LogP contribution in [0.3, 0.4) is 0 Å². The number of carbonyl (C=O) groups is 4. The Morgan fingerprint density at radius 3 is 1.68 bits per heavy atom. The molecule has 0 saturated carbocycles. The van der Waals surface area contributed by atoms with E-state index in [1.54, 1.807) is 26.0 Å².